The van der Waals surface area contributed by atoms with Crippen molar-refractivity contribution in [1.82, 2.24) is 4.90 Å². The van der Waals surface area contributed by atoms with Crippen molar-refractivity contribution in [1.29, 1.82) is 0 Å². The fourth-order valence-electron chi connectivity index (χ4n) is 3.34. The highest BCUT2D eigenvalue weighted by molar-refractivity contribution is 5.85. The van der Waals surface area contributed by atoms with E-state index < -0.39 is 0 Å². The zero-order valence-corrected chi connectivity index (χ0v) is 14.5. The van der Waals surface area contributed by atoms with Crippen molar-refractivity contribution >= 4 is 18.5 Å². The molecule has 0 aromatic heterocycles. The van der Waals surface area contributed by atoms with E-state index >= 15 is 0 Å². The maximum Gasteiger partial charge on any atom is 0.123 e. The molecule has 1 heterocycles. The Bertz CT molecular complexity index is 642. The molecule has 2 nitrogen and oxygen atoms in total. The van der Waals surface area contributed by atoms with Crippen LogP contribution in [0.4, 0.5) is 4.39 Å². The van der Waals surface area contributed by atoms with Gasteiger partial charge in [-0.05, 0) is 35.7 Å². The Morgan fingerprint density at radius 3 is 2.42 bits per heavy atom. The molecule has 2 N–H and O–H groups in total. The molecular weight excluding hydrogens is 323 g/mol. The maximum absolute atomic E-state index is 12.9. The average Bonchev–Trinajstić information content (AvgIpc) is 3.01. The SMILES string of the molecule is Cl.NC[C@@H]1CN(C/C=C/c2ccc(F)cc2)C[C@H]1c1ccccc1. The molecule has 0 saturated carbocycles. The molecule has 1 aliphatic heterocycles. The van der Waals surface area contributed by atoms with Crippen LogP contribution >= 0.6 is 12.4 Å². The summed E-state index contributed by atoms with van der Waals surface area (Å²) in [7, 11) is 0. The van der Waals surface area contributed by atoms with Gasteiger partial charge in [-0.15, -0.1) is 12.4 Å². The van der Waals surface area contributed by atoms with Crippen LogP contribution in [0.25, 0.3) is 6.08 Å². The van der Waals surface area contributed by atoms with Gasteiger partial charge in [0.25, 0.3) is 0 Å². The van der Waals surface area contributed by atoms with Crippen molar-refractivity contribution in [2.75, 3.05) is 26.2 Å². The topological polar surface area (TPSA) is 29.3 Å². The third-order valence-electron chi connectivity index (χ3n) is 4.59. The number of hydrogen-bond acceptors (Lipinski definition) is 2. The number of nitrogens with two attached hydrogens (primary N) is 1. The Morgan fingerprint density at radius 2 is 1.75 bits per heavy atom. The summed E-state index contributed by atoms with van der Waals surface area (Å²) in [5, 5.41) is 0. The lowest BCUT2D eigenvalue weighted by molar-refractivity contribution is 0.360. The van der Waals surface area contributed by atoms with Crippen molar-refractivity contribution < 1.29 is 4.39 Å². The van der Waals surface area contributed by atoms with E-state index in [-0.39, 0.29) is 18.2 Å². The van der Waals surface area contributed by atoms with Crippen LogP contribution in [0.2, 0.25) is 0 Å². The third kappa shape index (κ3) is 4.67. The molecule has 24 heavy (non-hydrogen) atoms. The molecule has 2 aromatic rings. The minimum atomic E-state index is -0.196. The molecule has 1 fully saturated rings. The molecule has 2 atom stereocenters. The second-order valence-corrected chi connectivity index (χ2v) is 6.19. The summed E-state index contributed by atoms with van der Waals surface area (Å²) in [5.74, 6) is 0.829. The zero-order valence-electron chi connectivity index (χ0n) is 13.6. The highest BCUT2D eigenvalue weighted by Gasteiger charge is 2.31. The van der Waals surface area contributed by atoms with Crippen LogP contribution in [0.15, 0.2) is 60.7 Å². The van der Waals surface area contributed by atoms with Crippen LogP contribution in [-0.4, -0.2) is 31.1 Å². The standard InChI is InChI=1S/C20H23FN2.ClH/c21-19-10-8-16(9-11-19)5-4-12-23-14-18(13-22)20(15-23)17-6-2-1-3-7-17;/h1-11,18,20H,12-15,22H2;1H/b5-4+;/t18-,20+;/m1./s1. The molecule has 0 unspecified atom stereocenters. The van der Waals surface area contributed by atoms with E-state index in [1.807, 2.05) is 6.08 Å². The monoisotopic (exact) mass is 346 g/mol. The van der Waals surface area contributed by atoms with Gasteiger partial charge in [-0.1, -0.05) is 54.6 Å². The van der Waals surface area contributed by atoms with E-state index in [1.165, 1.54) is 17.7 Å². The Balaban J connectivity index is 0.00000208. The van der Waals surface area contributed by atoms with Crippen molar-refractivity contribution in [2.24, 2.45) is 11.7 Å². The first-order chi connectivity index (χ1) is 11.3. The molecule has 0 radical (unpaired) electrons. The van der Waals surface area contributed by atoms with Crippen molar-refractivity contribution in [3.63, 3.8) is 0 Å². The Labute approximate surface area is 149 Å². The van der Waals surface area contributed by atoms with Crippen molar-refractivity contribution in [2.45, 2.75) is 5.92 Å². The van der Waals surface area contributed by atoms with E-state index in [0.717, 1.165) is 31.7 Å². The first kappa shape index (κ1) is 18.7. The summed E-state index contributed by atoms with van der Waals surface area (Å²) >= 11 is 0. The zero-order chi connectivity index (χ0) is 16.1. The predicted molar refractivity (Wildman–Crippen MR) is 101 cm³/mol. The van der Waals surface area contributed by atoms with Gasteiger partial charge in [0.2, 0.25) is 0 Å². The molecule has 4 heteroatoms. The molecule has 0 aliphatic carbocycles. The lowest BCUT2D eigenvalue weighted by Gasteiger charge is -2.16. The number of hydrogen-bond donors (Lipinski definition) is 1. The van der Waals surface area contributed by atoms with Gasteiger partial charge in [0, 0.05) is 25.6 Å². The highest BCUT2D eigenvalue weighted by atomic mass is 35.5. The molecular formula is C20H24ClFN2. The van der Waals surface area contributed by atoms with Gasteiger partial charge in [0.15, 0.2) is 0 Å². The summed E-state index contributed by atoms with van der Waals surface area (Å²) in [4.78, 5) is 2.44. The van der Waals surface area contributed by atoms with Crippen LogP contribution in [0.1, 0.15) is 17.0 Å². The lowest BCUT2D eigenvalue weighted by atomic mass is 9.89. The fraction of sp³-hybridized carbons (Fsp3) is 0.300. The number of likely N-dealkylation sites (tertiary alicyclic amines) is 1. The quantitative estimate of drug-likeness (QED) is 0.888. The summed E-state index contributed by atoms with van der Waals surface area (Å²) in [5.41, 5.74) is 8.39. The van der Waals surface area contributed by atoms with Crippen molar-refractivity contribution in [3.8, 4) is 0 Å². The molecule has 0 amide bonds. The summed E-state index contributed by atoms with van der Waals surface area (Å²) < 4.78 is 12.9. The van der Waals surface area contributed by atoms with Gasteiger partial charge in [0.05, 0.1) is 0 Å². The minimum absolute atomic E-state index is 0. The second kappa shape index (κ2) is 8.97. The van der Waals surface area contributed by atoms with Gasteiger partial charge in [0.1, 0.15) is 5.82 Å². The van der Waals surface area contributed by atoms with Crippen LogP contribution in [0.5, 0.6) is 0 Å². The molecule has 128 valence electrons. The molecule has 3 rings (SSSR count). The second-order valence-electron chi connectivity index (χ2n) is 6.19. The Morgan fingerprint density at radius 1 is 1.04 bits per heavy atom. The smallest absolute Gasteiger partial charge is 0.123 e. The van der Waals surface area contributed by atoms with E-state index in [0.29, 0.717) is 11.8 Å². The van der Waals surface area contributed by atoms with Gasteiger partial charge >= 0.3 is 0 Å². The van der Waals surface area contributed by atoms with E-state index in [9.17, 15) is 4.39 Å². The highest BCUT2D eigenvalue weighted by Crippen LogP contribution is 2.31. The van der Waals surface area contributed by atoms with Gasteiger partial charge < -0.3 is 5.73 Å². The lowest BCUT2D eigenvalue weighted by Crippen LogP contribution is -2.23. The van der Waals surface area contributed by atoms with Gasteiger partial charge in [-0.25, -0.2) is 4.39 Å². The van der Waals surface area contributed by atoms with Gasteiger partial charge in [-0.2, -0.15) is 0 Å². The maximum atomic E-state index is 12.9. The number of rotatable bonds is 5. The van der Waals surface area contributed by atoms with E-state index in [2.05, 4.69) is 41.3 Å². The van der Waals surface area contributed by atoms with Crippen molar-refractivity contribution in [3.05, 3.63) is 77.6 Å². The van der Waals surface area contributed by atoms with E-state index in [4.69, 9.17) is 5.73 Å². The fourth-order valence-corrected chi connectivity index (χ4v) is 3.34. The Kier molecular flexibility index (Phi) is 6.98. The predicted octanol–water partition coefficient (Wildman–Crippen LogP) is 3.94. The molecule has 1 aliphatic rings. The van der Waals surface area contributed by atoms with Gasteiger partial charge in [-0.3, -0.25) is 4.90 Å². The molecule has 1 saturated heterocycles. The summed E-state index contributed by atoms with van der Waals surface area (Å²) in [6.45, 7) is 3.69. The van der Waals surface area contributed by atoms with Crippen LogP contribution in [-0.2, 0) is 0 Å². The van der Waals surface area contributed by atoms with E-state index in [1.54, 1.807) is 12.1 Å². The molecule has 0 bridgehead atoms. The Hall–Kier alpha value is -1.68. The molecule has 0 spiro atoms. The average molecular weight is 347 g/mol. The van der Waals surface area contributed by atoms with Crippen LogP contribution in [0, 0.1) is 11.7 Å². The number of halogens is 2. The first-order valence-corrected chi connectivity index (χ1v) is 8.15. The minimum Gasteiger partial charge on any atom is -0.330 e. The van der Waals surface area contributed by atoms with Crippen LogP contribution < -0.4 is 5.73 Å². The number of nitrogens with zero attached hydrogens (tertiary/aromatic N) is 1. The van der Waals surface area contributed by atoms with Crippen LogP contribution in [0.3, 0.4) is 0 Å². The third-order valence-corrected chi connectivity index (χ3v) is 4.59. The largest absolute Gasteiger partial charge is 0.330 e. The summed E-state index contributed by atoms with van der Waals surface area (Å²) in [6, 6.07) is 17.2. The normalized spacial score (nSPS) is 21.1. The number of benzene rings is 2. The first-order valence-electron chi connectivity index (χ1n) is 8.15. The molecule has 2 aromatic carbocycles. The summed E-state index contributed by atoms with van der Waals surface area (Å²) in [6.07, 6.45) is 4.20.